The van der Waals surface area contributed by atoms with Gasteiger partial charge < -0.3 is 10.4 Å². The molecule has 0 aliphatic carbocycles. The van der Waals surface area contributed by atoms with Crippen LogP contribution in [0, 0.1) is 27.7 Å². The maximum absolute atomic E-state index is 11.1. The van der Waals surface area contributed by atoms with Crippen molar-refractivity contribution in [2.45, 2.75) is 33.7 Å². The van der Waals surface area contributed by atoms with Gasteiger partial charge in [0.1, 0.15) is 17.1 Å². The lowest BCUT2D eigenvalue weighted by Gasteiger charge is -2.25. The lowest BCUT2D eigenvalue weighted by atomic mass is 9.89. The quantitative estimate of drug-likeness (QED) is 0.470. The molecule has 1 atom stereocenters. The molecule has 0 saturated carbocycles. The van der Waals surface area contributed by atoms with Gasteiger partial charge in [-0.2, -0.15) is 0 Å². The molecule has 4 aromatic rings. The molecule has 2 aromatic carbocycles. The summed E-state index contributed by atoms with van der Waals surface area (Å²) in [5.74, 6) is 0.975. The number of rotatable bonds is 4. The first-order valence-electron chi connectivity index (χ1n) is 9.77. The van der Waals surface area contributed by atoms with Gasteiger partial charge in [0, 0.05) is 23.3 Å². The van der Waals surface area contributed by atoms with Gasteiger partial charge in [-0.25, -0.2) is 4.98 Å². The van der Waals surface area contributed by atoms with Gasteiger partial charge in [0.05, 0.1) is 6.04 Å². The lowest BCUT2D eigenvalue weighted by molar-refractivity contribution is 0.471. The normalized spacial score (nSPS) is 12.1. The van der Waals surface area contributed by atoms with Crippen molar-refractivity contribution in [3.63, 3.8) is 0 Å². The number of aromatic nitrogens is 2. The highest BCUT2D eigenvalue weighted by Gasteiger charge is 2.23. The molecule has 2 heterocycles. The second kappa shape index (κ2) is 7.55. The Hall–Kier alpha value is -3.40. The van der Waals surface area contributed by atoms with Gasteiger partial charge >= 0.3 is 0 Å². The minimum absolute atomic E-state index is 0.202. The van der Waals surface area contributed by atoms with Gasteiger partial charge in [0.25, 0.3) is 0 Å². The number of nitrogens with one attached hydrogen (secondary N) is 1. The van der Waals surface area contributed by atoms with Crippen LogP contribution in [0.25, 0.3) is 10.9 Å². The van der Waals surface area contributed by atoms with Crippen LogP contribution in [-0.2, 0) is 0 Å². The van der Waals surface area contributed by atoms with Gasteiger partial charge in [-0.3, -0.25) is 4.98 Å². The van der Waals surface area contributed by atoms with E-state index in [1.807, 2.05) is 43.3 Å². The van der Waals surface area contributed by atoms with Crippen LogP contribution in [0.1, 0.15) is 39.4 Å². The van der Waals surface area contributed by atoms with E-state index < -0.39 is 0 Å². The molecule has 0 saturated heterocycles. The number of nitrogens with zero attached hydrogens (tertiary/aromatic N) is 2. The summed E-state index contributed by atoms with van der Waals surface area (Å²) in [5.41, 5.74) is 7.24. The number of phenols is 1. The van der Waals surface area contributed by atoms with Gasteiger partial charge in [-0.1, -0.05) is 35.9 Å². The SMILES string of the molecule is Cc1ccnc(N[C@H](c2ccc3cccnc3c2O)c2c(C)cc(C)cc2C)c1. The van der Waals surface area contributed by atoms with Gasteiger partial charge in [-0.15, -0.1) is 0 Å². The number of fused-ring (bicyclic) bond motifs is 1. The van der Waals surface area contributed by atoms with Gasteiger partial charge in [0.15, 0.2) is 0 Å². The first-order chi connectivity index (χ1) is 13.9. The van der Waals surface area contributed by atoms with E-state index in [0.29, 0.717) is 5.52 Å². The Kier molecular flexibility index (Phi) is 4.93. The number of anilines is 1. The van der Waals surface area contributed by atoms with Crippen LogP contribution >= 0.6 is 0 Å². The number of aryl methyl sites for hydroxylation is 4. The zero-order chi connectivity index (χ0) is 20.5. The van der Waals surface area contributed by atoms with E-state index in [1.165, 1.54) is 16.7 Å². The minimum atomic E-state index is -0.253. The van der Waals surface area contributed by atoms with Crippen LogP contribution in [-0.4, -0.2) is 15.1 Å². The average molecular weight is 383 g/mol. The lowest BCUT2D eigenvalue weighted by Crippen LogP contribution is -2.16. The van der Waals surface area contributed by atoms with Crippen LogP contribution in [0.2, 0.25) is 0 Å². The van der Waals surface area contributed by atoms with Crippen molar-refractivity contribution in [1.29, 1.82) is 0 Å². The molecule has 4 nitrogen and oxygen atoms in total. The third-order valence-corrected chi connectivity index (χ3v) is 5.32. The second-order valence-electron chi connectivity index (χ2n) is 7.69. The Morgan fingerprint density at radius 3 is 2.31 bits per heavy atom. The third kappa shape index (κ3) is 3.66. The van der Waals surface area contributed by atoms with E-state index in [0.717, 1.165) is 27.9 Å². The number of hydrogen-bond donors (Lipinski definition) is 2. The fourth-order valence-corrected chi connectivity index (χ4v) is 4.09. The van der Waals surface area contributed by atoms with Crippen LogP contribution in [0.15, 0.2) is 60.9 Å². The van der Waals surface area contributed by atoms with E-state index in [-0.39, 0.29) is 11.8 Å². The molecule has 0 amide bonds. The van der Waals surface area contributed by atoms with Crippen LogP contribution in [0.5, 0.6) is 5.75 Å². The summed E-state index contributed by atoms with van der Waals surface area (Å²) in [4.78, 5) is 8.90. The molecule has 4 rings (SSSR count). The Balaban J connectivity index is 1.93. The molecule has 146 valence electrons. The van der Waals surface area contributed by atoms with E-state index >= 15 is 0 Å². The van der Waals surface area contributed by atoms with Gasteiger partial charge in [-0.05, 0) is 68.1 Å². The third-order valence-electron chi connectivity index (χ3n) is 5.32. The Morgan fingerprint density at radius 2 is 1.59 bits per heavy atom. The topological polar surface area (TPSA) is 58.0 Å². The van der Waals surface area contributed by atoms with Crippen molar-refractivity contribution in [1.82, 2.24) is 9.97 Å². The summed E-state index contributed by atoms with van der Waals surface area (Å²) in [5, 5.41) is 15.6. The number of hydrogen-bond acceptors (Lipinski definition) is 4. The Bertz CT molecular complexity index is 1180. The largest absolute Gasteiger partial charge is 0.505 e. The van der Waals surface area contributed by atoms with Crippen molar-refractivity contribution in [2.75, 3.05) is 5.32 Å². The molecule has 0 aliphatic heterocycles. The molecule has 0 spiro atoms. The van der Waals surface area contributed by atoms with Crippen LogP contribution in [0.4, 0.5) is 5.82 Å². The number of phenolic OH excluding ortho intramolecular Hbond substituents is 1. The van der Waals surface area contributed by atoms with Crippen LogP contribution < -0.4 is 5.32 Å². The predicted octanol–water partition coefficient (Wildman–Crippen LogP) is 5.77. The molecule has 4 heteroatoms. The second-order valence-corrected chi connectivity index (χ2v) is 7.69. The Morgan fingerprint density at radius 1 is 0.828 bits per heavy atom. The molecule has 0 unspecified atom stereocenters. The van der Waals surface area contributed by atoms with Crippen molar-refractivity contribution in [2.24, 2.45) is 0 Å². The fourth-order valence-electron chi connectivity index (χ4n) is 4.09. The zero-order valence-corrected chi connectivity index (χ0v) is 17.2. The summed E-state index contributed by atoms with van der Waals surface area (Å²) < 4.78 is 0. The van der Waals surface area contributed by atoms with Crippen molar-refractivity contribution < 1.29 is 5.11 Å². The molecular formula is C25H25N3O. The summed E-state index contributed by atoms with van der Waals surface area (Å²) >= 11 is 0. The molecule has 2 N–H and O–H groups in total. The smallest absolute Gasteiger partial charge is 0.147 e. The van der Waals surface area contributed by atoms with E-state index in [2.05, 4.69) is 48.2 Å². The summed E-state index contributed by atoms with van der Waals surface area (Å²) in [6.45, 7) is 8.38. The standard InChI is InChI=1S/C25H25N3O/c1-15-9-11-26-21(14-15)28-24(22-17(3)12-16(2)13-18(22)4)20-8-7-19-6-5-10-27-23(19)25(20)29/h5-14,24,29H,1-4H3,(H,26,28)/t24-/m1/s1. The number of pyridine rings is 2. The molecule has 29 heavy (non-hydrogen) atoms. The molecule has 0 aliphatic rings. The van der Waals surface area contributed by atoms with Crippen LogP contribution in [0.3, 0.4) is 0 Å². The average Bonchev–Trinajstić information content (AvgIpc) is 2.67. The highest BCUT2D eigenvalue weighted by Crippen LogP contribution is 2.38. The maximum Gasteiger partial charge on any atom is 0.147 e. The summed E-state index contributed by atoms with van der Waals surface area (Å²) in [6, 6.07) is 15.9. The van der Waals surface area contributed by atoms with Gasteiger partial charge in [0.2, 0.25) is 0 Å². The first kappa shape index (κ1) is 18.9. The number of aromatic hydroxyl groups is 1. The highest BCUT2D eigenvalue weighted by molar-refractivity contribution is 5.86. The van der Waals surface area contributed by atoms with E-state index in [9.17, 15) is 5.11 Å². The molecule has 0 bridgehead atoms. The van der Waals surface area contributed by atoms with E-state index in [4.69, 9.17) is 0 Å². The fraction of sp³-hybridized carbons (Fsp3) is 0.200. The van der Waals surface area contributed by atoms with Crippen molar-refractivity contribution in [3.8, 4) is 5.75 Å². The number of benzene rings is 2. The first-order valence-corrected chi connectivity index (χ1v) is 9.77. The predicted molar refractivity (Wildman–Crippen MR) is 119 cm³/mol. The zero-order valence-electron chi connectivity index (χ0n) is 17.2. The van der Waals surface area contributed by atoms with E-state index in [1.54, 1.807) is 12.4 Å². The maximum atomic E-state index is 11.1. The Labute approximate surface area is 171 Å². The molecule has 0 fully saturated rings. The highest BCUT2D eigenvalue weighted by atomic mass is 16.3. The minimum Gasteiger partial charge on any atom is -0.505 e. The monoisotopic (exact) mass is 383 g/mol. The molecule has 2 aromatic heterocycles. The van der Waals surface area contributed by atoms with Crippen molar-refractivity contribution >= 4 is 16.7 Å². The molecular weight excluding hydrogens is 358 g/mol. The summed E-state index contributed by atoms with van der Waals surface area (Å²) in [6.07, 6.45) is 3.50. The molecule has 0 radical (unpaired) electrons. The van der Waals surface area contributed by atoms with Crippen molar-refractivity contribution in [3.05, 3.63) is 94.3 Å². The summed E-state index contributed by atoms with van der Waals surface area (Å²) in [7, 11) is 0.